The first-order valence-corrected chi connectivity index (χ1v) is 11.7. The minimum Gasteiger partial charge on any atom is -0.313 e. The summed E-state index contributed by atoms with van der Waals surface area (Å²) in [5.41, 5.74) is 3.88. The second kappa shape index (κ2) is 8.07. The standard InChI is InChI=1S/C22H20N2OS3/c1-4-26-16-9-7-8-15(12-16)20(25)24-22-19(13(2)14(3)27-22)21-23-17-10-5-6-11-18(17)28-21/h5-12H,4H2,1-3H3,(H,24,25). The molecule has 0 saturated heterocycles. The number of nitrogens with zero attached hydrogens (tertiary/aromatic N) is 1. The van der Waals surface area contributed by atoms with Crippen molar-refractivity contribution in [1.82, 2.24) is 4.98 Å². The van der Waals surface area contributed by atoms with Gasteiger partial charge in [-0.15, -0.1) is 34.4 Å². The van der Waals surface area contributed by atoms with E-state index in [1.165, 1.54) is 10.4 Å². The summed E-state index contributed by atoms with van der Waals surface area (Å²) in [5, 5.41) is 4.96. The maximum atomic E-state index is 12.9. The molecule has 6 heteroatoms. The van der Waals surface area contributed by atoms with Crippen LogP contribution in [0.2, 0.25) is 0 Å². The van der Waals surface area contributed by atoms with E-state index in [0.717, 1.165) is 36.4 Å². The summed E-state index contributed by atoms with van der Waals surface area (Å²) in [7, 11) is 0. The van der Waals surface area contributed by atoms with Gasteiger partial charge in [0.1, 0.15) is 10.0 Å². The maximum absolute atomic E-state index is 12.9. The van der Waals surface area contributed by atoms with E-state index in [4.69, 9.17) is 4.98 Å². The van der Waals surface area contributed by atoms with Crippen molar-refractivity contribution in [3.8, 4) is 10.6 Å². The van der Waals surface area contributed by atoms with Gasteiger partial charge in [0, 0.05) is 20.9 Å². The molecule has 0 spiro atoms. The molecule has 3 nitrogen and oxygen atoms in total. The summed E-state index contributed by atoms with van der Waals surface area (Å²) in [5.74, 6) is 0.901. The van der Waals surface area contributed by atoms with Crippen LogP contribution in [-0.4, -0.2) is 16.6 Å². The highest BCUT2D eigenvalue weighted by atomic mass is 32.2. The number of rotatable bonds is 5. The van der Waals surface area contributed by atoms with Crippen molar-refractivity contribution >= 4 is 55.6 Å². The average Bonchev–Trinajstić information content (AvgIpc) is 3.23. The summed E-state index contributed by atoms with van der Waals surface area (Å²) in [4.78, 5) is 20.0. The number of nitrogens with one attached hydrogen (secondary N) is 1. The van der Waals surface area contributed by atoms with Crippen LogP contribution in [-0.2, 0) is 0 Å². The Morgan fingerprint density at radius 2 is 1.93 bits per heavy atom. The molecule has 0 radical (unpaired) electrons. The van der Waals surface area contributed by atoms with E-state index >= 15 is 0 Å². The molecular formula is C22H20N2OS3. The number of hydrogen-bond acceptors (Lipinski definition) is 5. The van der Waals surface area contributed by atoms with Gasteiger partial charge in [-0.1, -0.05) is 25.1 Å². The third-order valence-electron chi connectivity index (χ3n) is 4.53. The van der Waals surface area contributed by atoms with Crippen LogP contribution < -0.4 is 5.32 Å². The number of anilines is 1. The number of thiazole rings is 1. The molecule has 0 atom stereocenters. The monoisotopic (exact) mass is 424 g/mol. The number of benzene rings is 2. The fraction of sp³-hybridized carbons (Fsp3) is 0.182. The molecule has 2 aromatic carbocycles. The van der Waals surface area contributed by atoms with E-state index in [0.29, 0.717) is 5.56 Å². The number of amides is 1. The first-order chi connectivity index (χ1) is 13.6. The van der Waals surface area contributed by atoms with E-state index < -0.39 is 0 Å². The van der Waals surface area contributed by atoms with Gasteiger partial charge in [0.2, 0.25) is 0 Å². The van der Waals surface area contributed by atoms with E-state index in [1.54, 1.807) is 34.4 Å². The lowest BCUT2D eigenvalue weighted by Gasteiger charge is -2.07. The topological polar surface area (TPSA) is 42.0 Å². The van der Waals surface area contributed by atoms with E-state index in [-0.39, 0.29) is 5.91 Å². The Morgan fingerprint density at radius 3 is 2.71 bits per heavy atom. The van der Waals surface area contributed by atoms with Gasteiger partial charge in [-0.2, -0.15) is 0 Å². The van der Waals surface area contributed by atoms with E-state index in [9.17, 15) is 4.79 Å². The average molecular weight is 425 g/mol. The summed E-state index contributed by atoms with van der Waals surface area (Å²) in [6, 6.07) is 15.9. The Balaban J connectivity index is 1.70. The number of para-hydroxylation sites is 1. The Bertz CT molecular complexity index is 1130. The van der Waals surface area contributed by atoms with E-state index in [2.05, 4.69) is 32.2 Å². The van der Waals surface area contributed by atoms with Crippen LogP contribution in [0.3, 0.4) is 0 Å². The minimum atomic E-state index is -0.0813. The van der Waals surface area contributed by atoms with Gasteiger partial charge in [-0.05, 0) is 55.5 Å². The molecular weight excluding hydrogens is 404 g/mol. The molecule has 4 aromatic rings. The van der Waals surface area contributed by atoms with Crippen molar-refractivity contribution in [3.63, 3.8) is 0 Å². The normalized spacial score (nSPS) is 11.1. The van der Waals surface area contributed by atoms with Crippen molar-refractivity contribution in [1.29, 1.82) is 0 Å². The molecule has 0 bridgehead atoms. The Kier molecular flexibility index (Phi) is 5.53. The number of carbonyl (C=O) groups excluding carboxylic acids is 1. The predicted octanol–water partition coefficient (Wildman–Crippen LogP) is 7.01. The Labute approximate surface area is 176 Å². The predicted molar refractivity (Wildman–Crippen MR) is 123 cm³/mol. The lowest BCUT2D eigenvalue weighted by Crippen LogP contribution is -2.11. The molecule has 0 unspecified atom stereocenters. The van der Waals surface area contributed by atoms with Crippen molar-refractivity contribution in [2.45, 2.75) is 25.7 Å². The molecule has 0 saturated carbocycles. The quantitative estimate of drug-likeness (QED) is 0.350. The fourth-order valence-corrected chi connectivity index (χ4v) is 5.94. The Morgan fingerprint density at radius 1 is 1.11 bits per heavy atom. The SMILES string of the molecule is CCSc1cccc(C(=O)Nc2sc(C)c(C)c2-c2nc3ccccc3s2)c1. The van der Waals surface area contributed by atoms with Crippen molar-refractivity contribution in [3.05, 3.63) is 64.5 Å². The third kappa shape index (κ3) is 3.72. The summed E-state index contributed by atoms with van der Waals surface area (Å²) < 4.78 is 1.15. The maximum Gasteiger partial charge on any atom is 0.256 e. The molecule has 1 N–H and O–H groups in total. The van der Waals surface area contributed by atoms with Gasteiger partial charge >= 0.3 is 0 Å². The van der Waals surface area contributed by atoms with Gasteiger partial charge < -0.3 is 5.32 Å². The zero-order valence-electron chi connectivity index (χ0n) is 15.9. The smallest absolute Gasteiger partial charge is 0.256 e. The molecule has 2 aromatic heterocycles. The molecule has 2 heterocycles. The van der Waals surface area contributed by atoms with Crippen LogP contribution in [0.4, 0.5) is 5.00 Å². The van der Waals surface area contributed by atoms with Gasteiger partial charge in [-0.25, -0.2) is 4.98 Å². The first kappa shape index (κ1) is 19.2. The summed E-state index contributed by atoms with van der Waals surface area (Å²) >= 11 is 5.01. The number of aromatic nitrogens is 1. The van der Waals surface area contributed by atoms with Gasteiger partial charge in [0.15, 0.2) is 0 Å². The highest BCUT2D eigenvalue weighted by Gasteiger charge is 2.20. The lowest BCUT2D eigenvalue weighted by molar-refractivity contribution is 0.102. The minimum absolute atomic E-state index is 0.0813. The number of thioether (sulfide) groups is 1. The van der Waals surface area contributed by atoms with Crippen LogP contribution in [0.25, 0.3) is 20.8 Å². The molecule has 142 valence electrons. The molecule has 0 fully saturated rings. The molecule has 4 rings (SSSR count). The molecule has 0 aliphatic rings. The highest BCUT2D eigenvalue weighted by Crippen LogP contribution is 2.43. The van der Waals surface area contributed by atoms with Gasteiger partial charge in [0.25, 0.3) is 5.91 Å². The van der Waals surface area contributed by atoms with E-state index in [1.807, 2.05) is 42.5 Å². The molecule has 1 amide bonds. The number of thiophene rings is 1. The number of carbonyl (C=O) groups is 1. The van der Waals surface area contributed by atoms with Crippen molar-refractivity contribution in [2.75, 3.05) is 11.1 Å². The zero-order valence-corrected chi connectivity index (χ0v) is 18.4. The second-order valence-corrected chi connectivity index (χ2v) is 9.98. The Hall–Kier alpha value is -2.15. The van der Waals surface area contributed by atoms with Crippen molar-refractivity contribution in [2.24, 2.45) is 0 Å². The van der Waals surface area contributed by atoms with Crippen LogP contribution in [0.5, 0.6) is 0 Å². The molecule has 0 aliphatic carbocycles. The van der Waals surface area contributed by atoms with Crippen molar-refractivity contribution < 1.29 is 4.79 Å². The molecule has 0 aliphatic heterocycles. The van der Waals surface area contributed by atoms with Crippen LogP contribution in [0.15, 0.2) is 53.4 Å². The molecule has 28 heavy (non-hydrogen) atoms. The van der Waals surface area contributed by atoms with Gasteiger partial charge in [0.05, 0.1) is 10.2 Å². The summed E-state index contributed by atoms with van der Waals surface area (Å²) in [6.07, 6.45) is 0. The second-order valence-electron chi connectivity index (χ2n) is 6.39. The first-order valence-electron chi connectivity index (χ1n) is 9.07. The largest absolute Gasteiger partial charge is 0.313 e. The lowest BCUT2D eigenvalue weighted by atomic mass is 10.1. The van der Waals surface area contributed by atoms with Crippen LogP contribution >= 0.6 is 34.4 Å². The van der Waals surface area contributed by atoms with Crippen LogP contribution in [0.1, 0.15) is 27.7 Å². The zero-order chi connectivity index (χ0) is 19.7. The number of hydrogen-bond donors (Lipinski definition) is 1. The highest BCUT2D eigenvalue weighted by molar-refractivity contribution is 7.99. The van der Waals surface area contributed by atoms with Gasteiger partial charge in [-0.3, -0.25) is 4.79 Å². The van der Waals surface area contributed by atoms with Crippen LogP contribution in [0, 0.1) is 13.8 Å². The third-order valence-corrected chi connectivity index (χ3v) is 7.58. The summed E-state index contributed by atoms with van der Waals surface area (Å²) in [6.45, 7) is 6.30. The number of aryl methyl sites for hydroxylation is 1. The fourth-order valence-electron chi connectivity index (χ4n) is 3.02. The number of fused-ring (bicyclic) bond motifs is 1.